The molecule has 0 bridgehead atoms. The maximum absolute atomic E-state index is 6.14. The minimum atomic E-state index is 0.338. The molecule has 0 saturated carbocycles. The summed E-state index contributed by atoms with van der Waals surface area (Å²) in [5.74, 6) is 1.17. The van der Waals surface area contributed by atoms with Crippen molar-refractivity contribution >= 4 is 0 Å². The Morgan fingerprint density at radius 3 is 2.93 bits per heavy atom. The van der Waals surface area contributed by atoms with Crippen LogP contribution in [-0.2, 0) is 0 Å². The number of hydrogen-bond acceptors (Lipinski definition) is 1. The Bertz CT molecular complexity index is 286. The monoisotopic (exact) mass is 189 g/mol. The molecule has 1 nitrogen and oxygen atoms in total. The number of rotatable bonds is 1. The van der Waals surface area contributed by atoms with Crippen LogP contribution in [0.4, 0.5) is 0 Å². The molecule has 14 heavy (non-hydrogen) atoms. The Balaban J connectivity index is 2.13. The summed E-state index contributed by atoms with van der Waals surface area (Å²) < 4.78 is 0. The van der Waals surface area contributed by atoms with Crippen molar-refractivity contribution in [2.75, 3.05) is 0 Å². The van der Waals surface area contributed by atoms with Gasteiger partial charge in [0.1, 0.15) is 0 Å². The normalized spacial score (nSPS) is 37.0. The lowest BCUT2D eigenvalue weighted by Gasteiger charge is -2.28. The summed E-state index contributed by atoms with van der Waals surface area (Å²) in [6.07, 6.45) is 14.7. The van der Waals surface area contributed by atoms with Crippen LogP contribution in [0.3, 0.4) is 0 Å². The summed E-state index contributed by atoms with van der Waals surface area (Å²) in [6.45, 7) is 2.27. The van der Waals surface area contributed by atoms with Crippen LogP contribution in [0.1, 0.15) is 26.2 Å². The van der Waals surface area contributed by atoms with Crippen molar-refractivity contribution < 1.29 is 0 Å². The fourth-order valence-electron chi connectivity index (χ4n) is 2.38. The van der Waals surface area contributed by atoms with Crippen LogP contribution in [-0.4, -0.2) is 6.04 Å². The van der Waals surface area contributed by atoms with Gasteiger partial charge in [0, 0.05) is 12.0 Å². The molecule has 0 aliphatic heterocycles. The highest BCUT2D eigenvalue weighted by Crippen LogP contribution is 2.30. The SMILES string of the molecule is CC1C=CC=C(C2C=CCCC2N)C1. The van der Waals surface area contributed by atoms with Gasteiger partial charge in [0.15, 0.2) is 0 Å². The molecule has 2 rings (SSSR count). The van der Waals surface area contributed by atoms with Crippen molar-refractivity contribution in [3.05, 3.63) is 36.0 Å². The van der Waals surface area contributed by atoms with Crippen molar-refractivity contribution in [3.63, 3.8) is 0 Å². The van der Waals surface area contributed by atoms with Crippen molar-refractivity contribution in [2.45, 2.75) is 32.2 Å². The van der Waals surface area contributed by atoms with Crippen LogP contribution in [0.2, 0.25) is 0 Å². The van der Waals surface area contributed by atoms with Crippen LogP contribution >= 0.6 is 0 Å². The fourth-order valence-corrected chi connectivity index (χ4v) is 2.38. The van der Waals surface area contributed by atoms with Crippen molar-refractivity contribution in [3.8, 4) is 0 Å². The molecule has 0 aromatic heterocycles. The van der Waals surface area contributed by atoms with E-state index in [9.17, 15) is 0 Å². The van der Waals surface area contributed by atoms with Gasteiger partial charge in [-0.05, 0) is 25.2 Å². The Hall–Kier alpha value is -0.820. The number of hydrogen-bond donors (Lipinski definition) is 1. The quantitative estimate of drug-likeness (QED) is 0.631. The van der Waals surface area contributed by atoms with Gasteiger partial charge in [-0.25, -0.2) is 0 Å². The Morgan fingerprint density at radius 2 is 2.21 bits per heavy atom. The van der Waals surface area contributed by atoms with Crippen molar-refractivity contribution in [1.29, 1.82) is 0 Å². The molecule has 2 N–H and O–H groups in total. The molecule has 0 fully saturated rings. The molecule has 0 amide bonds. The summed E-state index contributed by atoms with van der Waals surface area (Å²) >= 11 is 0. The predicted octanol–water partition coefficient (Wildman–Crippen LogP) is 2.80. The van der Waals surface area contributed by atoms with Crippen LogP contribution in [0.15, 0.2) is 36.0 Å². The molecule has 76 valence electrons. The van der Waals surface area contributed by atoms with Gasteiger partial charge < -0.3 is 5.73 Å². The van der Waals surface area contributed by atoms with E-state index in [2.05, 4.69) is 37.3 Å². The Labute approximate surface area is 86.4 Å². The second-order valence-electron chi connectivity index (χ2n) is 4.50. The van der Waals surface area contributed by atoms with Gasteiger partial charge in [0.05, 0.1) is 0 Å². The zero-order valence-electron chi connectivity index (χ0n) is 8.82. The molecule has 0 radical (unpaired) electrons. The van der Waals surface area contributed by atoms with Crippen molar-refractivity contribution in [2.24, 2.45) is 17.6 Å². The largest absolute Gasteiger partial charge is 0.327 e. The third-order valence-corrected chi connectivity index (χ3v) is 3.21. The molecule has 3 atom stereocenters. The molecule has 0 spiro atoms. The van der Waals surface area contributed by atoms with Gasteiger partial charge in [-0.3, -0.25) is 0 Å². The first-order chi connectivity index (χ1) is 6.77. The van der Waals surface area contributed by atoms with E-state index in [0.717, 1.165) is 12.8 Å². The van der Waals surface area contributed by atoms with E-state index in [1.807, 2.05) is 0 Å². The fraction of sp³-hybridized carbons (Fsp3) is 0.538. The van der Waals surface area contributed by atoms with Crippen LogP contribution in [0.5, 0.6) is 0 Å². The van der Waals surface area contributed by atoms with E-state index in [0.29, 0.717) is 17.9 Å². The molecular formula is C13H19N. The van der Waals surface area contributed by atoms with Crippen molar-refractivity contribution in [1.82, 2.24) is 0 Å². The maximum Gasteiger partial charge on any atom is 0.0143 e. The zero-order chi connectivity index (χ0) is 9.97. The molecule has 2 aliphatic carbocycles. The lowest BCUT2D eigenvalue weighted by molar-refractivity contribution is 0.480. The second kappa shape index (κ2) is 4.14. The van der Waals surface area contributed by atoms with Gasteiger partial charge in [0.25, 0.3) is 0 Å². The molecule has 0 aromatic carbocycles. The first-order valence-corrected chi connectivity index (χ1v) is 5.57. The molecule has 2 aliphatic rings. The van der Waals surface area contributed by atoms with Crippen LogP contribution < -0.4 is 5.73 Å². The molecular weight excluding hydrogens is 170 g/mol. The van der Waals surface area contributed by atoms with E-state index < -0.39 is 0 Å². The number of allylic oxidation sites excluding steroid dienone is 4. The summed E-state index contributed by atoms with van der Waals surface area (Å²) in [5.41, 5.74) is 7.66. The Kier molecular flexibility index (Phi) is 2.87. The first-order valence-electron chi connectivity index (χ1n) is 5.57. The molecule has 3 unspecified atom stereocenters. The average Bonchev–Trinajstić information content (AvgIpc) is 2.18. The summed E-state index contributed by atoms with van der Waals surface area (Å²) in [4.78, 5) is 0. The molecule has 0 saturated heterocycles. The van der Waals surface area contributed by atoms with Gasteiger partial charge in [-0.1, -0.05) is 42.9 Å². The molecule has 0 aromatic rings. The smallest absolute Gasteiger partial charge is 0.0143 e. The lowest BCUT2D eigenvalue weighted by Crippen LogP contribution is -2.32. The zero-order valence-corrected chi connectivity index (χ0v) is 8.82. The third-order valence-electron chi connectivity index (χ3n) is 3.21. The summed E-state index contributed by atoms with van der Waals surface area (Å²) in [6, 6.07) is 0.338. The van der Waals surface area contributed by atoms with E-state index in [4.69, 9.17) is 5.73 Å². The van der Waals surface area contributed by atoms with Gasteiger partial charge in [0.2, 0.25) is 0 Å². The lowest BCUT2D eigenvalue weighted by atomic mass is 9.80. The first kappa shape index (κ1) is 9.72. The second-order valence-corrected chi connectivity index (χ2v) is 4.50. The standard InChI is InChI=1S/C13H19N/c1-10-5-4-6-11(9-10)12-7-2-3-8-13(12)14/h2,4-7,10,12-13H,3,8-9,14H2,1H3. The summed E-state index contributed by atoms with van der Waals surface area (Å²) in [7, 11) is 0. The highest BCUT2D eigenvalue weighted by molar-refractivity contribution is 5.27. The minimum Gasteiger partial charge on any atom is -0.327 e. The highest BCUT2D eigenvalue weighted by Gasteiger charge is 2.22. The van der Waals surface area contributed by atoms with E-state index in [-0.39, 0.29) is 0 Å². The van der Waals surface area contributed by atoms with E-state index >= 15 is 0 Å². The van der Waals surface area contributed by atoms with Gasteiger partial charge >= 0.3 is 0 Å². The minimum absolute atomic E-state index is 0.338. The average molecular weight is 189 g/mol. The maximum atomic E-state index is 6.14. The highest BCUT2D eigenvalue weighted by atomic mass is 14.7. The molecule has 0 heterocycles. The third kappa shape index (κ3) is 1.98. The van der Waals surface area contributed by atoms with Crippen LogP contribution in [0, 0.1) is 11.8 Å². The molecule has 1 heteroatoms. The number of nitrogens with two attached hydrogens (primary N) is 1. The van der Waals surface area contributed by atoms with E-state index in [1.54, 1.807) is 0 Å². The predicted molar refractivity (Wildman–Crippen MR) is 60.8 cm³/mol. The summed E-state index contributed by atoms with van der Waals surface area (Å²) in [5, 5.41) is 0. The van der Waals surface area contributed by atoms with Crippen LogP contribution in [0.25, 0.3) is 0 Å². The van der Waals surface area contributed by atoms with E-state index in [1.165, 1.54) is 12.0 Å². The Morgan fingerprint density at radius 1 is 1.36 bits per heavy atom. The van der Waals surface area contributed by atoms with Gasteiger partial charge in [-0.15, -0.1) is 0 Å². The topological polar surface area (TPSA) is 26.0 Å². The van der Waals surface area contributed by atoms with Gasteiger partial charge in [-0.2, -0.15) is 0 Å².